The molecule has 0 fully saturated rings. The number of rotatable bonds is 8. The Morgan fingerprint density at radius 2 is 1.82 bits per heavy atom. The Morgan fingerprint density at radius 1 is 1.18 bits per heavy atom. The van der Waals surface area contributed by atoms with Gasteiger partial charge >= 0.3 is 0 Å². The molecule has 1 N–H and O–H groups in total. The van der Waals surface area contributed by atoms with Crippen molar-refractivity contribution in [2.75, 3.05) is 26.8 Å². The van der Waals surface area contributed by atoms with Crippen LogP contribution in [0.5, 0.6) is 0 Å². The fourth-order valence-corrected chi connectivity index (χ4v) is 1.14. The smallest absolute Gasteiger partial charge is 0.145 e. The summed E-state index contributed by atoms with van der Waals surface area (Å²) in [5, 5.41) is 3.13. The third-order valence-corrected chi connectivity index (χ3v) is 2.00. The minimum Gasteiger partial charge on any atom is -0.373 e. The van der Waals surface area contributed by atoms with E-state index in [1.54, 1.807) is 0 Å². The lowest BCUT2D eigenvalue weighted by atomic mass is 9.99. The van der Waals surface area contributed by atoms with Gasteiger partial charge in [0.25, 0.3) is 0 Å². The molecule has 3 heteroatoms. The SMILES string of the molecule is CC(C)(C)COCC=O.CCCCCCNC. The lowest BCUT2D eigenvalue weighted by Gasteiger charge is -2.16. The van der Waals surface area contributed by atoms with Crippen molar-refractivity contribution in [3.8, 4) is 0 Å². The van der Waals surface area contributed by atoms with E-state index in [1.165, 1.54) is 32.2 Å². The number of carbonyl (C=O) groups excluding carboxylic acids is 1. The standard InChI is InChI=1S/C7H17N.C7H14O2/c1-3-4-5-6-7-8-2;1-7(2,3)6-9-5-4-8/h8H,3-7H2,1-2H3;4H,5-6H2,1-3H3. The van der Waals surface area contributed by atoms with Crippen LogP contribution in [0.3, 0.4) is 0 Å². The first-order valence-electron chi connectivity index (χ1n) is 6.64. The van der Waals surface area contributed by atoms with Crippen LogP contribution in [0.4, 0.5) is 0 Å². The molecule has 0 atom stereocenters. The van der Waals surface area contributed by atoms with Gasteiger partial charge in [-0.2, -0.15) is 0 Å². The quantitative estimate of drug-likeness (QED) is 0.527. The van der Waals surface area contributed by atoms with Gasteiger partial charge in [0.05, 0.1) is 6.61 Å². The lowest BCUT2D eigenvalue weighted by molar-refractivity contribution is -0.112. The Kier molecular flexibility index (Phi) is 15.2. The summed E-state index contributed by atoms with van der Waals surface area (Å²) in [6.45, 7) is 10.5. The second-order valence-electron chi connectivity index (χ2n) is 5.41. The summed E-state index contributed by atoms with van der Waals surface area (Å²) in [6, 6.07) is 0. The van der Waals surface area contributed by atoms with Crippen LogP contribution in [0, 0.1) is 5.41 Å². The van der Waals surface area contributed by atoms with E-state index in [0.29, 0.717) is 6.61 Å². The van der Waals surface area contributed by atoms with Crippen LogP contribution in [-0.2, 0) is 9.53 Å². The Bertz CT molecular complexity index is 147. The van der Waals surface area contributed by atoms with E-state index in [4.69, 9.17) is 4.74 Å². The van der Waals surface area contributed by atoms with Gasteiger partial charge in [-0.15, -0.1) is 0 Å². The molecule has 0 saturated heterocycles. The summed E-state index contributed by atoms with van der Waals surface area (Å²) in [5.74, 6) is 0. The molecular formula is C14H31NO2. The molecule has 0 bridgehead atoms. The molecule has 0 radical (unpaired) electrons. The molecule has 0 aliphatic rings. The van der Waals surface area contributed by atoms with Gasteiger partial charge in [-0.1, -0.05) is 47.0 Å². The summed E-state index contributed by atoms with van der Waals surface area (Å²) in [7, 11) is 2.01. The predicted molar refractivity (Wildman–Crippen MR) is 74.4 cm³/mol. The maximum Gasteiger partial charge on any atom is 0.145 e. The van der Waals surface area contributed by atoms with Gasteiger partial charge in [-0.3, -0.25) is 0 Å². The van der Waals surface area contributed by atoms with Crippen molar-refractivity contribution < 1.29 is 9.53 Å². The predicted octanol–water partition coefficient (Wildman–Crippen LogP) is 3.03. The molecule has 0 aliphatic heterocycles. The first-order chi connectivity index (χ1) is 7.97. The zero-order valence-electron chi connectivity index (χ0n) is 12.3. The molecule has 0 amide bonds. The van der Waals surface area contributed by atoms with Crippen LogP contribution in [0.2, 0.25) is 0 Å². The van der Waals surface area contributed by atoms with E-state index in [9.17, 15) is 4.79 Å². The van der Waals surface area contributed by atoms with Gasteiger partial charge in [0, 0.05) is 0 Å². The zero-order valence-corrected chi connectivity index (χ0v) is 12.3. The third kappa shape index (κ3) is 25.7. The molecule has 0 aromatic heterocycles. The van der Waals surface area contributed by atoms with E-state index in [2.05, 4.69) is 33.0 Å². The summed E-state index contributed by atoms with van der Waals surface area (Å²) in [6.07, 6.45) is 6.22. The first-order valence-corrected chi connectivity index (χ1v) is 6.64. The molecule has 0 aliphatic carbocycles. The lowest BCUT2D eigenvalue weighted by Crippen LogP contribution is -2.15. The highest BCUT2D eigenvalue weighted by Gasteiger charge is 2.08. The average molecular weight is 245 g/mol. The molecular weight excluding hydrogens is 214 g/mol. The summed E-state index contributed by atoms with van der Waals surface area (Å²) in [4.78, 5) is 9.77. The van der Waals surface area contributed by atoms with Crippen molar-refractivity contribution in [3.05, 3.63) is 0 Å². The van der Waals surface area contributed by atoms with Gasteiger partial charge in [-0.25, -0.2) is 0 Å². The van der Waals surface area contributed by atoms with E-state index >= 15 is 0 Å². The Morgan fingerprint density at radius 3 is 2.24 bits per heavy atom. The van der Waals surface area contributed by atoms with Crippen LogP contribution in [0.15, 0.2) is 0 Å². The molecule has 0 spiro atoms. The molecule has 0 rings (SSSR count). The van der Waals surface area contributed by atoms with Gasteiger partial charge in [0.1, 0.15) is 12.9 Å². The largest absolute Gasteiger partial charge is 0.373 e. The third-order valence-electron chi connectivity index (χ3n) is 2.00. The fraction of sp³-hybridized carbons (Fsp3) is 0.929. The Labute approximate surface area is 107 Å². The van der Waals surface area contributed by atoms with Crippen LogP contribution in [-0.4, -0.2) is 33.1 Å². The molecule has 0 saturated carbocycles. The topological polar surface area (TPSA) is 38.3 Å². The van der Waals surface area contributed by atoms with Gasteiger partial charge in [-0.05, 0) is 25.4 Å². The van der Waals surface area contributed by atoms with Crippen molar-refractivity contribution >= 4 is 6.29 Å². The van der Waals surface area contributed by atoms with Crippen molar-refractivity contribution in [2.45, 2.75) is 53.4 Å². The number of carbonyl (C=O) groups is 1. The van der Waals surface area contributed by atoms with Crippen LogP contribution in [0.1, 0.15) is 53.4 Å². The van der Waals surface area contributed by atoms with Crippen LogP contribution in [0.25, 0.3) is 0 Å². The summed E-state index contributed by atoms with van der Waals surface area (Å²) >= 11 is 0. The molecule has 104 valence electrons. The van der Waals surface area contributed by atoms with Crippen molar-refractivity contribution in [1.29, 1.82) is 0 Å². The van der Waals surface area contributed by atoms with E-state index in [0.717, 1.165) is 6.29 Å². The number of ether oxygens (including phenoxy) is 1. The van der Waals surface area contributed by atoms with E-state index in [-0.39, 0.29) is 12.0 Å². The van der Waals surface area contributed by atoms with E-state index < -0.39 is 0 Å². The highest BCUT2D eigenvalue weighted by atomic mass is 16.5. The molecule has 0 heterocycles. The van der Waals surface area contributed by atoms with Crippen molar-refractivity contribution in [3.63, 3.8) is 0 Å². The highest BCUT2D eigenvalue weighted by molar-refractivity contribution is 5.50. The number of unbranched alkanes of at least 4 members (excludes halogenated alkanes) is 3. The number of aldehydes is 1. The van der Waals surface area contributed by atoms with Gasteiger partial charge in [0.2, 0.25) is 0 Å². The molecule has 3 nitrogen and oxygen atoms in total. The monoisotopic (exact) mass is 245 g/mol. The molecule has 17 heavy (non-hydrogen) atoms. The second kappa shape index (κ2) is 13.7. The molecule has 0 unspecified atom stereocenters. The fourth-order valence-electron chi connectivity index (χ4n) is 1.14. The van der Waals surface area contributed by atoms with Gasteiger partial charge < -0.3 is 14.8 Å². The maximum atomic E-state index is 9.77. The molecule has 0 aromatic carbocycles. The first kappa shape index (κ1) is 18.9. The summed E-state index contributed by atoms with van der Waals surface area (Å²) in [5.41, 5.74) is 0.170. The van der Waals surface area contributed by atoms with Crippen LogP contribution >= 0.6 is 0 Å². The van der Waals surface area contributed by atoms with Crippen LogP contribution < -0.4 is 5.32 Å². The summed E-state index contributed by atoms with van der Waals surface area (Å²) < 4.78 is 4.98. The zero-order chi connectivity index (χ0) is 13.6. The Balaban J connectivity index is 0. The van der Waals surface area contributed by atoms with Gasteiger partial charge in [0.15, 0.2) is 0 Å². The van der Waals surface area contributed by atoms with E-state index in [1.807, 2.05) is 7.05 Å². The van der Waals surface area contributed by atoms with Crippen molar-refractivity contribution in [2.24, 2.45) is 5.41 Å². The second-order valence-corrected chi connectivity index (χ2v) is 5.41. The van der Waals surface area contributed by atoms with Crippen molar-refractivity contribution in [1.82, 2.24) is 5.32 Å². The molecule has 0 aromatic rings. The average Bonchev–Trinajstić information content (AvgIpc) is 2.24. The number of hydrogen-bond acceptors (Lipinski definition) is 3. The minimum absolute atomic E-state index is 0.170. The highest BCUT2D eigenvalue weighted by Crippen LogP contribution is 2.11. The number of hydrogen-bond donors (Lipinski definition) is 1. The number of nitrogens with one attached hydrogen (secondary N) is 1. The maximum absolute atomic E-state index is 9.77. The minimum atomic E-state index is 0.170. The normalized spacial score (nSPS) is 10.6. The Hall–Kier alpha value is -0.410.